The molecule has 0 fully saturated rings. The quantitative estimate of drug-likeness (QED) is 0.524. The maximum absolute atomic E-state index is 12.2. The zero-order valence-corrected chi connectivity index (χ0v) is 13.8. The van der Waals surface area contributed by atoms with E-state index in [1.165, 1.54) is 6.08 Å². The Morgan fingerprint density at radius 3 is 2.60 bits per heavy atom. The highest BCUT2D eigenvalue weighted by Gasteiger charge is 2.11. The van der Waals surface area contributed by atoms with Crippen LogP contribution >= 0.6 is 11.6 Å². The molecule has 0 radical (unpaired) electrons. The van der Waals surface area contributed by atoms with Crippen LogP contribution in [0.3, 0.4) is 0 Å². The van der Waals surface area contributed by atoms with Crippen molar-refractivity contribution in [3.05, 3.63) is 83.1 Å². The molecule has 3 rings (SSSR count). The first kappa shape index (κ1) is 16.6. The summed E-state index contributed by atoms with van der Waals surface area (Å²) in [6.07, 6.45) is 1.41. The predicted molar refractivity (Wildman–Crippen MR) is 97.8 cm³/mol. The number of hydrogen-bond donors (Lipinski definition) is 1. The van der Waals surface area contributed by atoms with E-state index in [2.05, 4.69) is 5.32 Å². The molecule has 5 heteroatoms. The molecule has 1 aromatic heterocycles. The fourth-order valence-electron chi connectivity index (χ4n) is 2.24. The van der Waals surface area contributed by atoms with Gasteiger partial charge in [-0.2, -0.15) is 5.26 Å². The number of halogens is 1. The van der Waals surface area contributed by atoms with Crippen molar-refractivity contribution in [2.45, 2.75) is 0 Å². The second kappa shape index (κ2) is 7.52. The topological polar surface area (TPSA) is 66.0 Å². The molecule has 0 aliphatic carbocycles. The number of nitrogens with zero attached hydrogens (tertiary/aromatic N) is 1. The summed E-state index contributed by atoms with van der Waals surface area (Å²) < 4.78 is 5.69. The Labute approximate surface area is 150 Å². The van der Waals surface area contributed by atoms with Crippen molar-refractivity contribution >= 4 is 29.3 Å². The van der Waals surface area contributed by atoms with Gasteiger partial charge in [0.25, 0.3) is 5.91 Å². The third kappa shape index (κ3) is 4.17. The lowest BCUT2D eigenvalue weighted by Gasteiger charge is -2.04. The third-order valence-electron chi connectivity index (χ3n) is 3.42. The molecule has 3 aromatic rings. The van der Waals surface area contributed by atoms with E-state index in [0.717, 1.165) is 5.56 Å². The van der Waals surface area contributed by atoms with Crippen LogP contribution in [-0.4, -0.2) is 5.91 Å². The summed E-state index contributed by atoms with van der Waals surface area (Å²) in [5.41, 5.74) is 1.38. The Morgan fingerprint density at radius 1 is 1.08 bits per heavy atom. The standard InChI is InChI=1S/C20H13ClN2O2/c21-16-7-4-8-17(12-16)23-20(24)15(13-22)11-18-9-10-19(25-18)14-5-2-1-3-6-14/h1-12H,(H,23,24)/b15-11-. The first-order valence-corrected chi connectivity index (χ1v) is 7.87. The molecule has 1 amide bonds. The van der Waals surface area contributed by atoms with Gasteiger partial charge >= 0.3 is 0 Å². The van der Waals surface area contributed by atoms with Crippen molar-refractivity contribution < 1.29 is 9.21 Å². The second-order valence-corrected chi connectivity index (χ2v) is 5.64. The zero-order valence-electron chi connectivity index (χ0n) is 13.1. The lowest BCUT2D eigenvalue weighted by molar-refractivity contribution is -0.112. The van der Waals surface area contributed by atoms with Gasteiger partial charge in [0.05, 0.1) is 0 Å². The molecule has 2 aromatic carbocycles. The van der Waals surface area contributed by atoms with Crippen molar-refractivity contribution in [3.63, 3.8) is 0 Å². The summed E-state index contributed by atoms with van der Waals surface area (Å²) >= 11 is 5.89. The van der Waals surface area contributed by atoms with Crippen molar-refractivity contribution in [1.82, 2.24) is 0 Å². The fourth-order valence-corrected chi connectivity index (χ4v) is 2.43. The minimum atomic E-state index is -0.526. The van der Waals surface area contributed by atoms with Gasteiger partial charge in [-0.05, 0) is 30.3 Å². The third-order valence-corrected chi connectivity index (χ3v) is 3.65. The summed E-state index contributed by atoms with van der Waals surface area (Å²) in [6, 6.07) is 21.7. The monoisotopic (exact) mass is 348 g/mol. The number of furan rings is 1. The lowest BCUT2D eigenvalue weighted by atomic mass is 10.2. The van der Waals surface area contributed by atoms with E-state index in [-0.39, 0.29) is 5.57 Å². The summed E-state index contributed by atoms with van der Waals surface area (Å²) in [5, 5.41) is 12.4. The molecule has 1 heterocycles. The van der Waals surface area contributed by atoms with Gasteiger partial charge in [-0.1, -0.05) is 48.0 Å². The Bertz CT molecular complexity index is 969. The molecule has 0 spiro atoms. The van der Waals surface area contributed by atoms with E-state index in [4.69, 9.17) is 16.0 Å². The summed E-state index contributed by atoms with van der Waals surface area (Å²) in [4.78, 5) is 12.2. The zero-order chi connectivity index (χ0) is 17.6. The van der Waals surface area contributed by atoms with Gasteiger partial charge in [0.1, 0.15) is 23.2 Å². The first-order chi connectivity index (χ1) is 12.2. The van der Waals surface area contributed by atoms with Crippen molar-refractivity contribution in [1.29, 1.82) is 5.26 Å². The number of anilines is 1. The first-order valence-electron chi connectivity index (χ1n) is 7.50. The number of nitrogens with one attached hydrogen (secondary N) is 1. The maximum atomic E-state index is 12.2. The van der Waals surface area contributed by atoms with E-state index in [1.807, 2.05) is 36.4 Å². The largest absolute Gasteiger partial charge is 0.457 e. The molecule has 0 saturated heterocycles. The molecule has 0 aliphatic heterocycles. The van der Waals surface area contributed by atoms with E-state index < -0.39 is 5.91 Å². The number of carbonyl (C=O) groups excluding carboxylic acids is 1. The highest BCUT2D eigenvalue weighted by Crippen LogP contribution is 2.23. The summed E-state index contributed by atoms with van der Waals surface area (Å²) in [6.45, 7) is 0. The highest BCUT2D eigenvalue weighted by atomic mass is 35.5. The van der Waals surface area contributed by atoms with Crippen LogP contribution in [0.25, 0.3) is 17.4 Å². The molecule has 1 N–H and O–H groups in total. The Kier molecular flexibility index (Phi) is 4.98. The van der Waals surface area contributed by atoms with Crippen LogP contribution in [0.15, 0.2) is 76.7 Å². The molecule has 0 unspecified atom stereocenters. The molecule has 0 atom stereocenters. The molecule has 4 nitrogen and oxygen atoms in total. The summed E-state index contributed by atoms with van der Waals surface area (Å²) in [5.74, 6) is 0.568. The number of carbonyl (C=O) groups is 1. The van der Waals surface area contributed by atoms with Gasteiger partial charge in [-0.15, -0.1) is 0 Å². The second-order valence-electron chi connectivity index (χ2n) is 5.20. The minimum Gasteiger partial charge on any atom is -0.457 e. The number of amides is 1. The van der Waals surface area contributed by atoms with Crippen molar-refractivity contribution in [3.8, 4) is 17.4 Å². The van der Waals surface area contributed by atoms with E-state index >= 15 is 0 Å². The average molecular weight is 349 g/mol. The van der Waals surface area contributed by atoms with Gasteiger partial charge in [0.2, 0.25) is 0 Å². The Balaban J connectivity index is 1.80. The molecule has 25 heavy (non-hydrogen) atoms. The van der Waals surface area contributed by atoms with E-state index in [0.29, 0.717) is 22.2 Å². The van der Waals surface area contributed by atoms with Gasteiger partial charge in [-0.3, -0.25) is 4.79 Å². The smallest absolute Gasteiger partial charge is 0.266 e. The Morgan fingerprint density at radius 2 is 1.88 bits per heavy atom. The number of rotatable bonds is 4. The van der Waals surface area contributed by atoms with Gasteiger partial charge in [0.15, 0.2) is 0 Å². The van der Waals surface area contributed by atoms with E-state index in [9.17, 15) is 10.1 Å². The lowest BCUT2D eigenvalue weighted by Crippen LogP contribution is -2.13. The van der Waals surface area contributed by atoms with Gasteiger partial charge < -0.3 is 9.73 Å². The van der Waals surface area contributed by atoms with Crippen LogP contribution in [0.1, 0.15) is 5.76 Å². The normalized spacial score (nSPS) is 11.0. The number of hydrogen-bond acceptors (Lipinski definition) is 3. The molecule has 0 aliphatic rings. The maximum Gasteiger partial charge on any atom is 0.266 e. The predicted octanol–water partition coefficient (Wildman–Crippen LogP) is 5.15. The van der Waals surface area contributed by atoms with Crippen molar-refractivity contribution in [2.24, 2.45) is 0 Å². The highest BCUT2D eigenvalue weighted by molar-refractivity contribution is 6.31. The minimum absolute atomic E-state index is 0.0612. The molecular weight excluding hydrogens is 336 g/mol. The van der Waals surface area contributed by atoms with E-state index in [1.54, 1.807) is 36.4 Å². The fraction of sp³-hybridized carbons (Fsp3) is 0. The van der Waals surface area contributed by atoms with Crippen LogP contribution in [0.4, 0.5) is 5.69 Å². The average Bonchev–Trinajstić information content (AvgIpc) is 3.09. The SMILES string of the molecule is N#C/C(=C/c1ccc(-c2ccccc2)o1)C(=O)Nc1cccc(Cl)c1. The molecular formula is C20H13ClN2O2. The number of nitriles is 1. The van der Waals surface area contributed by atoms with Gasteiger partial charge in [0, 0.05) is 22.3 Å². The molecule has 0 bridgehead atoms. The number of benzene rings is 2. The van der Waals surface area contributed by atoms with Crippen LogP contribution in [0, 0.1) is 11.3 Å². The van der Waals surface area contributed by atoms with Crippen molar-refractivity contribution in [2.75, 3.05) is 5.32 Å². The molecule has 122 valence electrons. The molecule has 0 saturated carbocycles. The van der Waals surface area contributed by atoms with Crippen LogP contribution < -0.4 is 5.32 Å². The van der Waals surface area contributed by atoms with Crippen LogP contribution in [-0.2, 0) is 4.79 Å². The summed E-state index contributed by atoms with van der Waals surface area (Å²) in [7, 11) is 0. The Hall–Kier alpha value is -3.29. The van der Waals surface area contributed by atoms with Gasteiger partial charge in [-0.25, -0.2) is 0 Å². The van der Waals surface area contributed by atoms with Crippen LogP contribution in [0.5, 0.6) is 0 Å². The van der Waals surface area contributed by atoms with Crippen LogP contribution in [0.2, 0.25) is 5.02 Å².